The molecule has 0 saturated heterocycles. The SMILES string of the molecule is O=C(COc1ccccc1Cl)NNC(=O)c1ccc(F)c([N+](=O)[O-])c1. The molecule has 0 bridgehead atoms. The Morgan fingerprint density at radius 3 is 2.60 bits per heavy atom. The third kappa shape index (κ3) is 4.88. The first-order valence-corrected chi connectivity index (χ1v) is 7.16. The van der Waals surface area contributed by atoms with Crippen LogP contribution in [0.1, 0.15) is 10.4 Å². The summed E-state index contributed by atoms with van der Waals surface area (Å²) in [4.78, 5) is 33.2. The van der Waals surface area contributed by atoms with Crippen LogP contribution in [0.25, 0.3) is 0 Å². The smallest absolute Gasteiger partial charge is 0.305 e. The zero-order chi connectivity index (χ0) is 18.4. The summed E-state index contributed by atoms with van der Waals surface area (Å²) in [6.45, 7) is -0.423. The fourth-order valence-corrected chi connectivity index (χ4v) is 1.92. The molecule has 0 unspecified atom stereocenters. The molecule has 0 aliphatic rings. The Balaban J connectivity index is 1.89. The van der Waals surface area contributed by atoms with Crippen molar-refractivity contribution in [1.29, 1.82) is 0 Å². The van der Waals surface area contributed by atoms with Gasteiger partial charge in [0.25, 0.3) is 11.8 Å². The maximum absolute atomic E-state index is 13.2. The van der Waals surface area contributed by atoms with E-state index < -0.39 is 34.8 Å². The molecule has 0 radical (unpaired) electrons. The van der Waals surface area contributed by atoms with Crippen molar-refractivity contribution in [1.82, 2.24) is 10.9 Å². The molecule has 130 valence electrons. The van der Waals surface area contributed by atoms with E-state index in [0.29, 0.717) is 10.8 Å². The molecule has 0 aliphatic heterocycles. The highest BCUT2D eigenvalue weighted by molar-refractivity contribution is 6.32. The molecule has 0 heterocycles. The van der Waals surface area contributed by atoms with Crippen molar-refractivity contribution in [2.75, 3.05) is 6.61 Å². The molecular formula is C15H11ClFN3O5. The normalized spacial score (nSPS) is 10.0. The number of ether oxygens (including phenoxy) is 1. The van der Waals surface area contributed by atoms with Crippen molar-refractivity contribution in [3.63, 3.8) is 0 Å². The monoisotopic (exact) mass is 367 g/mol. The summed E-state index contributed by atoms with van der Waals surface area (Å²) in [7, 11) is 0. The number of carbonyl (C=O) groups excluding carboxylic acids is 2. The van der Waals surface area contributed by atoms with Crippen molar-refractivity contribution < 1.29 is 23.6 Å². The van der Waals surface area contributed by atoms with Crippen LogP contribution >= 0.6 is 11.6 Å². The molecule has 2 aromatic rings. The summed E-state index contributed by atoms with van der Waals surface area (Å²) in [5.74, 6) is -2.32. The number of hydrogen-bond acceptors (Lipinski definition) is 5. The number of nitro groups is 1. The second-order valence-corrected chi connectivity index (χ2v) is 5.05. The van der Waals surface area contributed by atoms with Crippen LogP contribution in [0, 0.1) is 15.9 Å². The van der Waals surface area contributed by atoms with E-state index in [0.717, 1.165) is 18.2 Å². The van der Waals surface area contributed by atoms with Crippen LogP contribution < -0.4 is 15.6 Å². The van der Waals surface area contributed by atoms with Gasteiger partial charge < -0.3 is 4.74 Å². The lowest BCUT2D eigenvalue weighted by Gasteiger charge is -2.09. The van der Waals surface area contributed by atoms with Gasteiger partial charge in [0.05, 0.1) is 9.95 Å². The molecule has 2 N–H and O–H groups in total. The van der Waals surface area contributed by atoms with Crippen LogP contribution in [0.15, 0.2) is 42.5 Å². The maximum atomic E-state index is 13.2. The van der Waals surface area contributed by atoms with E-state index in [1.54, 1.807) is 24.3 Å². The second-order valence-electron chi connectivity index (χ2n) is 4.64. The Hall–Kier alpha value is -3.20. The number of nitrogens with one attached hydrogen (secondary N) is 2. The molecule has 25 heavy (non-hydrogen) atoms. The lowest BCUT2D eigenvalue weighted by atomic mass is 10.2. The average molecular weight is 368 g/mol. The highest BCUT2D eigenvalue weighted by Crippen LogP contribution is 2.22. The number of nitrogens with zero attached hydrogens (tertiary/aromatic N) is 1. The second kappa shape index (κ2) is 8.06. The van der Waals surface area contributed by atoms with Crippen LogP contribution in [-0.2, 0) is 4.79 Å². The quantitative estimate of drug-likeness (QED) is 0.622. The topological polar surface area (TPSA) is 111 Å². The Morgan fingerprint density at radius 1 is 1.20 bits per heavy atom. The van der Waals surface area contributed by atoms with Crippen molar-refractivity contribution in [2.45, 2.75) is 0 Å². The molecule has 0 aliphatic carbocycles. The predicted molar refractivity (Wildman–Crippen MR) is 85.6 cm³/mol. The van der Waals surface area contributed by atoms with Crippen molar-refractivity contribution in [3.8, 4) is 5.75 Å². The van der Waals surface area contributed by atoms with E-state index in [1.165, 1.54) is 0 Å². The van der Waals surface area contributed by atoms with Gasteiger partial charge in [-0.25, -0.2) is 0 Å². The summed E-state index contributed by atoms with van der Waals surface area (Å²) < 4.78 is 18.4. The van der Waals surface area contributed by atoms with Gasteiger partial charge in [-0.1, -0.05) is 23.7 Å². The molecule has 0 saturated carbocycles. The highest BCUT2D eigenvalue weighted by Gasteiger charge is 2.17. The minimum Gasteiger partial charge on any atom is -0.482 e. The van der Waals surface area contributed by atoms with Gasteiger partial charge in [0.1, 0.15) is 5.75 Å². The highest BCUT2D eigenvalue weighted by atomic mass is 35.5. The third-order valence-electron chi connectivity index (χ3n) is 2.92. The minimum absolute atomic E-state index is 0.194. The lowest BCUT2D eigenvalue weighted by molar-refractivity contribution is -0.387. The van der Waals surface area contributed by atoms with E-state index in [2.05, 4.69) is 5.43 Å². The molecule has 0 spiro atoms. The van der Waals surface area contributed by atoms with Crippen LogP contribution in [-0.4, -0.2) is 23.3 Å². The standard InChI is InChI=1S/C15H11ClFN3O5/c16-10-3-1-2-4-13(10)25-8-14(21)18-19-15(22)9-5-6-11(17)12(7-9)20(23)24/h1-7H,8H2,(H,18,21)(H,19,22). The van der Waals surface area contributed by atoms with Gasteiger partial charge in [0.2, 0.25) is 5.82 Å². The van der Waals surface area contributed by atoms with Crippen molar-refractivity contribution in [2.24, 2.45) is 0 Å². The van der Waals surface area contributed by atoms with Crippen molar-refractivity contribution >= 4 is 29.1 Å². The van der Waals surface area contributed by atoms with Gasteiger partial charge >= 0.3 is 5.69 Å². The summed E-state index contributed by atoms with van der Waals surface area (Å²) in [6.07, 6.45) is 0. The van der Waals surface area contributed by atoms with E-state index >= 15 is 0 Å². The Morgan fingerprint density at radius 2 is 1.92 bits per heavy atom. The van der Waals surface area contributed by atoms with Gasteiger partial charge in [0, 0.05) is 11.6 Å². The van der Waals surface area contributed by atoms with Gasteiger partial charge in [-0.05, 0) is 24.3 Å². The third-order valence-corrected chi connectivity index (χ3v) is 3.23. The lowest BCUT2D eigenvalue weighted by Crippen LogP contribution is -2.43. The van der Waals surface area contributed by atoms with Crippen molar-refractivity contribution in [3.05, 3.63) is 69.0 Å². The summed E-state index contributed by atoms with van der Waals surface area (Å²) in [6, 6.07) is 9.10. The number of para-hydroxylation sites is 1. The summed E-state index contributed by atoms with van der Waals surface area (Å²) in [5, 5.41) is 11.0. The molecule has 10 heteroatoms. The summed E-state index contributed by atoms with van der Waals surface area (Å²) in [5.41, 5.74) is 3.06. The van der Waals surface area contributed by atoms with Crippen LogP contribution in [0.3, 0.4) is 0 Å². The first kappa shape index (κ1) is 18.1. The van der Waals surface area contributed by atoms with Gasteiger partial charge in [-0.2, -0.15) is 4.39 Å². The Kier molecular flexibility index (Phi) is 5.85. The van der Waals surface area contributed by atoms with Crippen LogP contribution in [0.5, 0.6) is 5.75 Å². The fourth-order valence-electron chi connectivity index (χ4n) is 1.73. The molecular weight excluding hydrogens is 357 g/mol. The summed E-state index contributed by atoms with van der Waals surface area (Å²) >= 11 is 5.86. The van der Waals surface area contributed by atoms with Gasteiger partial charge in [0.15, 0.2) is 6.61 Å². The molecule has 8 nitrogen and oxygen atoms in total. The van der Waals surface area contributed by atoms with E-state index in [1.807, 2.05) is 5.43 Å². The number of amides is 2. The van der Waals surface area contributed by atoms with E-state index in [-0.39, 0.29) is 5.56 Å². The first-order valence-electron chi connectivity index (χ1n) is 6.79. The number of rotatable bonds is 5. The number of hydrogen-bond donors (Lipinski definition) is 2. The number of nitro benzene ring substituents is 1. The fraction of sp³-hybridized carbons (Fsp3) is 0.0667. The molecule has 0 fully saturated rings. The number of hydrazine groups is 1. The van der Waals surface area contributed by atoms with Crippen LogP contribution in [0.2, 0.25) is 5.02 Å². The number of carbonyl (C=O) groups is 2. The molecule has 0 aromatic heterocycles. The largest absolute Gasteiger partial charge is 0.482 e. The molecule has 2 rings (SSSR count). The molecule has 2 amide bonds. The molecule has 0 atom stereocenters. The predicted octanol–water partition coefficient (Wildman–Crippen LogP) is 2.23. The van der Waals surface area contributed by atoms with E-state index in [9.17, 15) is 24.1 Å². The van der Waals surface area contributed by atoms with E-state index in [4.69, 9.17) is 16.3 Å². The zero-order valence-electron chi connectivity index (χ0n) is 12.5. The van der Waals surface area contributed by atoms with Gasteiger partial charge in [-0.15, -0.1) is 0 Å². The number of benzene rings is 2. The molecule has 2 aromatic carbocycles. The first-order chi connectivity index (χ1) is 11.9. The van der Waals surface area contributed by atoms with Crippen LogP contribution in [0.4, 0.5) is 10.1 Å². The average Bonchev–Trinajstić information content (AvgIpc) is 2.59. The Labute approximate surface area is 145 Å². The maximum Gasteiger partial charge on any atom is 0.305 e. The number of halogens is 2. The minimum atomic E-state index is -1.07. The Bertz CT molecular complexity index is 831. The zero-order valence-corrected chi connectivity index (χ0v) is 13.2. The van der Waals surface area contributed by atoms with Gasteiger partial charge in [-0.3, -0.25) is 30.6 Å².